The third-order valence-corrected chi connectivity index (χ3v) is 4.38. The summed E-state index contributed by atoms with van der Waals surface area (Å²) in [6.07, 6.45) is 7.61. The molecule has 114 valence electrons. The fraction of sp³-hybridized carbons (Fsp3) is 0.706. The zero-order valence-electron chi connectivity index (χ0n) is 13.2. The van der Waals surface area contributed by atoms with Gasteiger partial charge in [-0.1, -0.05) is 46.3 Å². The molecule has 1 amide bonds. The highest BCUT2D eigenvalue weighted by atomic mass is 16.2. The van der Waals surface area contributed by atoms with Crippen molar-refractivity contribution in [3.8, 4) is 0 Å². The van der Waals surface area contributed by atoms with Crippen LogP contribution in [-0.2, 0) is 4.79 Å². The molecule has 2 atom stereocenters. The second-order valence-electron chi connectivity index (χ2n) is 6.29. The first kappa shape index (κ1) is 17.0. The first-order valence-corrected chi connectivity index (χ1v) is 7.84. The number of hydrogen-bond donors (Lipinski definition) is 2. The molecule has 0 bridgehead atoms. The van der Waals surface area contributed by atoms with Crippen molar-refractivity contribution >= 4 is 5.91 Å². The fourth-order valence-electron chi connectivity index (χ4n) is 2.66. The van der Waals surface area contributed by atoms with Crippen LogP contribution in [-0.4, -0.2) is 18.0 Å². The van der Waals surface area contributed by atoms with Crippen LogP contribution in [0.25, 0.3) is 0 Å². The van der Waals surface area contributed by atoms with Crippen LogP contribution in [0.2, 0.25) is 0 Å². The molecule has 2 unspecified atom stereocenters. The van der Waals surface area contributed by atoms with Gasteiger partial charge in [0.1, 0.15) is 0 Å². The van der Waals surface area contributed by atoms with Crippen molar-refractivity contribution in [3.05, 3.63) is 24.9 Å². The lowest BCUT2D eigenvalue weighted by Crippen LogP contribution is -2.52. The van der Waals surface area contributed by atoms with Crippen molar-refractivity contribution in [2.75, 3.05) is 0 Å². The molecule has 1 aliphatic rings. The summed E-state index contributed by atoms with van der Waals surface area (Å²) < 4.78 is 0. The van der Waals surface area contributed by atoms with Crippen LogP contribution in [0.15, 0.2) is 24.9 Å². The Morgan fingerprint density at radius 3 is 2.30 bits per heavy atom. The van der Waals surface area contributed by atoms with Crippen molar-refractivity contribution in [2.24, 2.45) is 11.8 Å². The van der Waals surface area contributed by atoms with Gasteiger partial charge in [0, 0.05) is 11.7 Å². The monoisotopic (exact) mass is 278 g/mol. The maximum absolute atomic E-state index is 12.5. The Morgan fingerprint density at radius 2 is 1.80 bits per heavy atom. The lowest BCUT2D eigenvalue weighted by Gasteiger charge is -2.33. The van der Waals surface area contributed by atoms with Gasteiger partial charge in [-0.25, -0.2) is 0 Å². The van der Waals surface area contributed by atoms with Gasteiger partial charge in [0.2, 0.25) is 5.91 Å². The van der Waals surface area contributed by atoms with E-state index in [0.717, 1.165) is 12.8 Å². The van der Waals surface area contributed by atoms with Crippen molar-refractivity contribution in [3.63, 3.8) is 0 Å². The van der Waals surface area contributed by atoms with Gasteiger partial charge in [0.05, 0.1) is 6.04 Å². The zero-order chi connectivity index (χ0) is 15.1. The van der Waals surface area contributed by atoms with Gasteiger partial charge in [0.15, 0.2) is 0 Å². The number of allylic oxidation sites excluding steroid dienone is 1. The molecule has 2 N–H and O–H groups in total. The molecule has 1 fully saturated rings. The maximum atomic E-state index is 12.5. The van der Waals surface area contributed by atoms with E-state index in [1.165, 1.54) is 19.3 Å². The predicted octanol–water partition coefficient (Wildman–Crippen LogP) is 3.39. The average Bonchev–Trinajstić information content (AvgIpc) is 2.44. The van der Waals surface area contributed by atoms with Gasteiger partial charge in [0.25, 0.3) is 0 Å². The number of hydrogen-bond acceptors (Lipinski definition) is 2. The molecule has 0 heterocycles. The fourth-order valence-corrected chi connectivity index (χ4v) is 2.66. The van der Waals surface area contributed by atoms with Crippen molar-refractivity contribution in [1.29, 1.82) is 0 Å². The lowest BCUT2D eigenvalue weighted by atomic mass is 9.83. The molecule has 1 saturated carbocycles. The highest BCUT2D eigenvalue weighted by Gasteiger charge is 2.30. The zero-order valence-corrected chi connectivity index (χ0v) is 13.2. The molecule has 0 aliphatic heterocycles. The minimum Gasteiger partial charge on any atom is -0.325 e. The topological polar surface area (TPSA) is 41.1 Å². The van der Waals surface area contributed by atoms with E-state index in [1.807, 2.05) is 0 Å². The van der Waals surface area contributed by atoms with Crippen LogP contribution >= 0.6 is 0 Å². The summed E-state index contributed by atoms with van der Waals surface area (Å²) >= 11 is 0. The smallest absolute Gasteiger partial charge is 0.241 e. The summed E-state index contributed by atoms with van der Waals surface area (Å²) in [5.74, 6) is 0.980. The normalized spacial score (nSPS) is 19.4. The Kier molecular flexibility index (Phi) is 7.00. The first-order chi connectivity index (χ1) is 9.45. The second-order valence-corrected chi connectivity index (χ2v) is 6.29. The second kappa shape index (κ2) is 8.25. The minimum absolute atomic E-state index is 0.0364. The van der Waals surface area contributed by atoms with Crippen LogP contribution in [0.3, 0.4) is 0 Å². The van der Waals surface area contributed by atoms with E-state index in [0.29, 0.717) is 23.6 Å². The number of amides is 1. The Hall–Kier alpha value is -1.09. The quantitative estimate of drug-likeness (QED) is 0.701. The van der Waals surface area contributed by atoms with Gasteiger partial charge < -0.3 is 10.6 Å². The number of nitrogens with one attached hydrogen (secondary N) is 2. The highest BCUT2D eigenvalue weighted by Crippen LogP contribution is 2.27. The van der Waals surface area contributed by atoms with Crippen LogP contribution in [0.5, 0.6) is 0 Å². The number of rotatable bonds is 7. The lowest BCUT2D eigenvalue weighted by molar-refractivity contribution is -0.124. The molecule has 0 aromatic heterocycles. The summed E-state index contributed by atoms with van der Waals surface area (Å²) in [7, 11) is 0. The standard InChI is InChI=1S/C17H30N2O/c1-6-13(4)18-17(20)16(19-14(5)12(2)3)15-10-8-7-9-11-15/h6,12,14-16,19H,1,4,7-11H2,2-3,5H3,(H,18,20). The summed E-state index contributed by atoms with van der Waals surface area (Å²) in [6.45, 7) is 13.9. The van der Waals surface area contributed by atoms with Gasteiger partial charge in [-0.2, -0.15) is 0 Å². The van der Waals surface area contributed by atoms with Crippen LogP contribution in [0.1, 0.15) is 52.9 Å². The Labute approximate surface area is 123 Å². The van der Waals surface area contributed by atoms with E-state index in [1.54, 1.807) is 6.08 Å². The molecule has 0 spiro atoms. The Bertz CT molecular complexity index is 343. The third kappa shape index (κ3) is 5.12. The summed E-state index contributed by atoms with van der Waals surface area (Å²) in [5, 5.41) is 6.39. The average molecular weight is 278 g/mol. The molecule has 1 rings (SSSR count). The van der Waals surface area contributed by atoms with Crippen molar-refractivity contribution in [2.45, 2.75) is 65.0 Å². The predicted molar refractivity (Wildman–Crippen MR) is 85.3 cm³/mol. The summed E-state index contributed by atoms with van der Waals surface area (Å²) in [6, 6.07) is 0.203. The third-order valence-electron chi connectivity index (χ3n) is 4.38. The van der Waals surface area contributed by atoms with E-state index in [2.05, 4.69) is 44.6 Å². The summed E-state index contributed by atoms with van der Waals surface area (Å²) in [4.78, 5) is 12.5. The molecule has 0 saturated heterocycles. The first-order valence-electron chi connectivity index (χ1n) is 7.84. The van der Waals surface area contributed by atoms with E-state index in [4.69, 9.17) is 0 Å². The molecule has 20 heavy (non-hydrogen) atoms. The van der Waals surface area contributed by atoms with E-state index in [9.17, 15) is 4.79 Å². The van der Waals surface area contributed by atoms with Crippen LogP contribution in [0, 0.1) is 11.8 Å². The van der Waals surface area contributed by atoms with Gasteiger partial charge >= 0.3 is 0 Å². The van der Waals surface area contributed by atoms with E-state index in [-0.39, 0.29) is 11.9 Å². The molecule has 0 aromatic carbocycles. The highest BCUT2D eigenvalue weighted by molar-refractivity contribution is 5.84. The molecular weight excluding hydrogens is 248 g/mol. The molecule has 3 heteroatoms. The van der Waals surface area contributed by atoms with Crippen molar-refractivity contribution < 1.29 is 4.79 Å². The SMILES string of the molecule is C=CC(=C)NC(=O)C(NC(C)C(C)C)C1CCCCC1. The van der Waals surface area contributed by atoms with Gasteiger partial charge in [-0.3, -0.25) is 4.79 Å². The van der Waals surface area contributed by atoms with Gasteiger partial charge in [-0.05, 0) is 37.7 Å². The molecule has 0 radical (unpaired) electrons. The number of carbonyl (C=O) groups is 1. The van der Waals surface area contributed by atoms with E-state index >= 15 is 0 Å². The Morgan fingerprint density at radius 1 is 1.20 bits per heavy atom. The van der Waals surface area contributed by atoms with Gasteiger partial charge in [-0.15, -0.1) is 0 Å². The van der Waals surface area contributed by atoms with Crippen LogP contribution < -0.4 is 10.6 Å². The Balaban J connectivity index is 2.73. The maximum Gasteiger partial charge on any atom is 0.241 e. The van der Waals surface area contributed by atoms with Crippen molar-refractivity contribution in [1.82, 2.24) is 10.6 Å². The molecular formula is C17H30N2O. The molecule has 1 aliphatic carbocycles. The summed E-state index contributed by atoms with van der Waals surface area (Å²) in [5.41, 5.74) is 0.579. The van der Waals surface area contributed by atoms with E-state index < -0.39 is 0 Å². The van der Waals surface area contributed by atoms with Crippen LogP contribution in [0.4, 0.5) is 0 Å². The molecule has 3 nitrogen and oxygen atoms in total. The molecule has 0 aromatic rings. The largest absolute Gasteiger partial charge is 0.325 e. The number of carbonyl (C=O) groups excluding carboxylic acids is 1. The minimum atomic E-state index is -0.121.